The smallest absolute Gasteiger partial charge is 0.117 e. The number of nitrogens with zero attached hydrogens (tertiary/aromatic N) is 5. The number of benzene rings is 1. The zero-order valence-electron chi connectivity index (χ0n) is 25.4. The van der Waals surface area contributed by atoms with Gasteiger partial charge in [-0.25, -0.2) is 4.98 Å². The van der Waals surface area contributed by atoms with Gasteiger partial charge in [-0.2, -0.15) is 0 Å². The van der Waals surface area contributed by atoms with Crippen molar-refractivity contribution in [1.29, 1.82) is 0 Å². The van der Waals surface area contributed by atoms with E-state index in [0.29, 0.717) is 19.0 Å². The highest BCUT2D eigenvalue weighted by Crippen LogP contribution is 2.37. The predicted octanol–water partition coefficient (Wildman–Crippen LogP) is 7.77. The summed E-state index contributed by atoms with van der Waals surface area (Å²) in [6, 6.07) is 11.1. The molecule has 5 nitrogen and oxygen atoms in total. The van der Waals surface area contributed by atoms with Crippen LogP contribution in [0.3, 0.4) is 0 Å². The Morgan fingerprint density at radius 1 is 0.806 bits per heavy atom. The van der Waals surface area contributed by atoms with Crippen LogP contribution >= 0.6 is 0 Å². The molecule has 0 atom stereocenters. The standard InChI is InChI=1S/C23H29N5.4C2H6/c1-26-13-15-27(16-14-26)20-9-7-19(8-10-20)23-25-22(18-5-3-2-4-6-18)21-17-24-11-12-28(21)23;4*1-2/h2-6,11-12,17,19-20H,7-10,13-16H2,1H3;4*1-2H3/i1D;;;;. The molecule has 1 aliphatic carbocycles. The molecular formula is C31H53N5. The molecule has 0 unspecified atom stereocenters. The van der Waals surface area contributed by atoms with Crippen molar-refractivity contribution in [2.45, 2.75) is 93.0 Å². The quantitative estimate of drug-likeness (QED) is 0.371. The maximum Gasteiger partial charge on any atom is 0.117 e. The third kappa shape index (κ3) is 8.14. The molecule has 5 heteroatoms. The van der Waals surface area contributed by atoms with Gasteiger partial charge < -0.3 is 4.90 Å². The molecule has 0 radical (unpaired) electrons. The lowest BCUT2D eigenvalue weighted by Gasteiger charge is -2.41. The van der Waals surface area contributed by atoms with E-state index < -0.39 is 0 Å². The number of fused-ring (bicyclic) bond motifs is 1. The third-order valence-electron chi connectivity index (χ3n) is 6.51. The van der Waals surface area contributed by atoms with Crippen molar-refractivity contribution in [3.63, 3.8) is 0 Å². The molecule has 1 aromatic carbocycles. The van der Waals surface area contributed by atoms with E-state index in [4.69, 9.17) is 6.35 Å². The van der Waals surface area contributed by atoms with Gasteiger partial charge in [0.15, 0.2) is 0 Å². The Bertz CT molecular complexity index is 943. The topological polar surface area (TPSA) is 36.7 Å². The summed E-state index contributed by atoms with van der Waals surface area (Å²) in [5.74, 6) is 1.70. The zero-order valence-corrected chi connectivity index (χ0v) is 24.4. The third-order valence-corrected chi connectivity index (χ3v) is 6.51. The van der Waals surface area contributed by atoms with Crippen LogP contribution in [-0.4, -0.2) is 63.4 Å². The Morgan fingerprint density at radius 3 is 2.00 bits per heavy atom. The monoisotopic (exact) mass is 496 g/mol. The summed E-state index contributed by atoms with van der Waals surface area (Å²) in [7, 11) is 0.437. The van der Waals surface area contributed by atoms with Crippen LogP contribution in [0.2, 0.25) is 0 Å². The van der Waals surface area contributed by atoms with E-state index in [1.807, 2.05) is 73.8 Å². The van der Waals surface area contributed by atoms with Gasteiger partial charge in [-0.3, -0.25) is 14.3 Å². The molecule has 0 amide bonds. The van der Waals surface area contributed by atoms with Crippen molar-refractivity contribution >= 4 is 5.52 Å². The van der Waals surface area contributed by atoms with E-state index in [1.54, 1.807) is 0 Å². The number of rotatable bonds is 3. The lowest BCUT2D eigenvalue weighted by Crippen LogP contribution is -2.49. The summed E-state index contributed by atoms with van der Waals surface area (Å²) in [6.07, 6.45) is 10.7. The number of likely N-dealkylation sites (N-methyl/N-ethyl adjacent to an activating group) is 1. The van der Waals surface area contributed by atoms with Crippen LogP contribution in [0.4, 0.5) is 0 Å². The molecule has 3 aromatic rings. The van der Waals surface area contributed by atoms with Gasteiger partial charge in [0.25, 0.3) is 0 Å². The fraction of sp³-hybridized carbons (Fsp3) is 0.613. The predicted molar refractivity (Wildman–Crippen MR) is 158 cm³/mol. The molecule has 5 rings (SSSR count). The van der Waals surface area contributed by atoms with Crippen molar-refractivity contribution in [1.82, 2.24) is 24.2 Å². The summed E-state index contributed by atoms with van der Waals surface area (Å²) >= 11 is 0. The minimum Gasteiger partial charge on any atom is -0.304 e. The van der Waals surface area contributed by atoms with Gasteiger partial charge in [-0.05, 0) is 32.7 Å². The Labute approximate surface area is 223 Å². The highest BCUT2D eigenvalue weighted by Gasteiger charge is 2.30. The van der Waals surface area contributed by atoms with E-state index in [9.17, 15) is 0 Å². The fourth-order valence-electron chi connectivity index (χ4n) is 4.89. The van der Waals surface area contributed by atoms with E-state index in [2.05, 4.69) is 49.6 Å². The maximum atomic E-state index is 7.55. The van der Waals surface area contributed by atoms with Crippen molar-refractivity contribution in [2.75, 3.05) is 33.2 Å². The first-order valence-electron chi connectivity index (χ1n) is 15.2. The average molecular weight is 497 g/mol. The highest BCUT2D eigenvalue weighted by molar-refractivity contribution is 5.77. The summed E-state index contributed by atoms with van der Waals surface area (Å²) in [5, 5.41) is 0. The van der Waals surface area contributed by atoms with Gasteiger partial charge in [0.1, 0.15) is 5.82 Å². The number of piperazine rings is 1. The molecule has 202 valence electrons. The zero-order chi connectivity index (χ0) is 27.6. The van der Waals surface area contributed by atoms with Crippen LogP contribution in [-0.2, 0) is 0 Å². The molecule has 0 bridgehead atoms. The first-order valence-corrected chi connectivity index (χ1v) is 14.5. The van der Waals surface area contributed by atoms with Crippen LogP contribution < -0.4 is 0 Å². The van der Waals surface area contributed by atoms with E-state index >= 15 is 0 Å². The summed E-state index contributed by atoms with van der Waals surface area (Å²) in [6.45, 7) is 20.3. The molecule has 1 saturated carbocycles. The van der Waals surface area contributed by atoms with Gasteiger partial charge in [0.2, 0.25) is 0 Å². The lowest BCUT2D eigenvalue weighted by atomic mass is 9.84. The molecule has 0 N–H and O–H groups in total. The minimum absolute atomic E-state index is 0.437. The molecule has 36 heavy (non-hydrogen) atoms. The molecule has 0 spiro atoms. The molecule has 3 heterocycles. The number of hydrogen-bond acceptors (Lipinski definition) is 4. The maximum absolute atomic E-state index is 7.55. The van der Waals surface area contributed by atoms with Crippen molar-refractivity contribution < 1.29 is 1.37 Å². The Kier molecular flexibility index (Phi) is 15.1. The Morgan fingerprint density at radius 2 is 1.42 bits per heavy atom. The van der Waals surface area contributed by atoms with Crippen LogP contribution in [0.25, 0.3) is 16.8 Å². The average Bonchev–Trinajstić information content (AvgIpc) is 3.42. The molecule has 1 aliphatic heterocycles. The van der Waals surface area contributed by atoms with Gasteiger partial charge in [-0.15, -0.1) is 0 Å². The SMILES string of the molecule is CC.CC.CC.CC.[2H]CN1CCN(C2CCC(c3nc(-c4ccccc4)c4cnccn34)CC2)CC1. The highest BCUT2D eigenvalue weighted by atomic mass is 15.3. The summed E-state index contributed by atoms with van der Waals surface area (Å²) < 4.78 is 9.81. The van der Waals surface area contributed by atoms with Crippen LogP contribution in [0.15, 0.2) is 48.9 Å². The van der Waals surface area contributed by atoms with Crippen LogP contribution in [0.5, 0.6) is 0 Å². The van der Waals surface area contributed by atoms with Gasteiger partial charge in [-0.1, -0.05) is 85.7 Å². The van der Waals surface area contributed by atoms with Gasteiger partial charge in [0.05, 0.1) is 17.4 Å². The Balaban J connectivity index is 0.000000784. The van der Waals surface area contributed by atoms with E-state index in [0.717, 1.165) is 43.0 Å². The van der Waals surface area contributed by atoms with E-state index in [1.165, 1.54) is 31.5 Å². The second-order valence-electron chi connectivity index (χ2n) is 8.18. The van der Waals surface area contributed by atoms with Crippen LogP contribution in [0.1, 0.15) is 94.2 Å². The number of hydrogen-bond donors (Lipinski definition) is 0. The molecule has 2 fully saturated rings. The summed E-state index contributed by atoms with van der Waals surface area (Å²) in [4.78, 5) is 14.4. The van der Waals surface area contributed by atoms with Crippen LogP contribution in [0, 0.1) is 0 Å². The molecule has 1 saturated heterocycles. The van der Waals surface area contributed by atoms with Crippen molar-refractivity contribution in [3.8, 4) is 11.3 Å². The van der Waals surface area contributed by atoms with E-state index in [-0.39, 0.29) is 0 Å². The number of aromatic nitrogens is 3. The second kappa shape index (κ2) is 18.1. The van der Waals surface area contributed by atoms with Gasteiger partial charge in [0, 0.05) is 57.5 Å². The molecular weight excluding hydrogens is 442 g/mol. The first-order chi connectivity index (χ1) is 18.3. The Hall–Kier alpha value is -2.24. The second-order valence-corrected chi connectivity index (χ2v) is 8.18. The normalized spacial score (nSPS) is 20.2. The fourth-order valence-corrected chi connectivity index (χ4v) is 4.89. The first kappa shape index (κ1) is 30.0. The lowest BCUT2D eigenvalue weighted by molar-refractivity contribution is 0.0872. The van der Waals surface area contributed by atoms with Crippen molar-refractivity contribution in [3.05, 3.63) is 54.7 Å². The molecule has 2 aliphatic rings. The molecule has 2 aromatic heterocycles. The largest absolute Gasteiger partial charge is 0.304 e. The minimum atomic E-state index is 0.437. The van der Waals surface area contributed by atoms with Gasteiger partial charge >= 0.3 is 0 Å². The van der Waals surface area contributed by atoms with Crippen molar-refractivity contribution in [2.24, 2.45) is 0 Å². The summed E-state index contributed by atoms with van der Waals surface area (Å²) in [5.41, 5.74) is 3.30. The number of imidazole rings is 1.